The fourth-order valence-electron chi connectivity index (χ4n) is 2.66. The Balaban J connectivity index is 0.00000312. The highest BCUT2D eigenvalue weighted by Gasteiger charge is 2.16. The molecule has 0 amide bonds. The number of benzene rings is 1. The zero-order valence-corrected chi connectivity index (χ0v) is 18.4. The lowest BCUT2D eigenvalue weighted by Gasteiger charge is -2.17. The number of guanidine groups is 1. The van der Waals surface area contributed by atoms with Crippen LogP contribution in [0.3, 0.4) is 0 Å². The van der Waals surface area contributed by atoms with Gasteiger partial charge in [0, 0.05) is 25.4 Å². The monoisotopic (exact) mass is 481 g/mol. The predicted molar refractivity (Wildman–Crippen MR) is 115 cm³/mol. The Kier molecular flexibility index (Phi) is 10.2. The number of aliphatic imine (C=N–C) groups is 1. The van der Waals surface area contributed by atoms with Crippen molar-refractivity contribution in [1.82, 2.24) is 10.6 Å². The molecule has 1 aromatic carbocycles. The van der Waals surface area contributed by atoms with Gasteiger partial charge in [-0.2, -0.15) is 11.8 Å². The second-order valence-electron chi connectivity index (χ2n) is 5.48. The molecule has 1 aliphatic rings. The number of ether oxygens (including phenoxy) is 3. The van der Waals surface area contributed by atoms with Crippen LogP contribution < -0.4 is 24.8 Å². The van der Waals surface area contributed by atoms with E-state index in [0.717, 1.165) is 18.1 Å². The molecular weight excluding hydrogens is 453 g/mol. The van der Waals surface area contributed by atoms with E-state index >= 15 is 0 Å². The summed E-state index contributed by atoms with van der Waals surface area (Å²) in [4.78, 5) is 4.28. The van der Waals surface area contributed by atoms with Crippen molar-refractivity contribution in [3.05, 3.63) is 17.7 Å². The molecule has 25 heavy (non-hydrogen) atoms. The van der Waals surface area contributed by atoms with Crippen molar-refractivity contribution >= 4 is 41.7 Å². The van der Waals surface area contributed by atoms with Crippen LogP contribution in [0.25, 0.3) is 0 Å². The highest BCUT2D eigenvalue weighted by Crippen LogP contribution is 2.38. The number of methoxy groups -OCH3 is 3. The first-order chi connectivity index (χ1) is 11.7. The largest absolute Gasteiger partial charge is 0.493 e. The lowest BCUT2D eigenvalue weighted by atomic mass is 10.2. The molecule has 0 aliphatic carbocycles. The van der Waals surface area contributed by atoms with Crippen LogP contribution >= 0.6 is 35.7 Å². The van der Waals surface area contributed by atoms with Crippen molar-refractivity contribution in [2.45, 2.75) is 24.6 Å². The van der Waals surface area contributed by atoms with Gasteiger partial charge >= 0.3 is 0 Å². The Morgan fingerprint density at radius 3 is 2.32 bits per heavy atom. The molecule has 2 rings (SSSR count). The number of hydrogen-bond acceptors (Lipinski definition) is 5. The van der Waals surface area contributed by atoms with Crippen molar-refractivity contribution in [3.63, 3.8) is 0 Å². The highest BCUT2D eigenvalue weighted by atomic mass is 127. The van der Waals surface area contributed by atoms with Gasteiger partial charge < -0.3 is 24.8 Å². The first-order valence-electron chi connectivity index (χ1n) is 8.06. The quantitative estimate of drug-likeness (QED) is 0.355. The molecule has 1 atom stereocenters. The van der Waals surface area contributed by atoms with Crippen molar-refractivity contribution in [3.8, 4) is 17.2 Å². The average Bonchev–Trinajstić information content (AvgIpc) is 3.14. The molecule has 8 heteroatoms. The topological polar surface area (TPSA) is 64.1 Å². The fraction of sp³-hybridized carbons (Fsp3) is 0.588. The van der Waals surface area contributed by atoms with E-state index in [1.165, 1.54) is 18.6 Å². The maximum Gasteiger partial charge on any atom is 0.203 e. The van der Waals surface area contributed by atoms with E-state index in [1.54, 1.807) is 28.4 Å². The molecule has 142 valence electrons. The minimum absolute atomic E-state index is 0. The van der Waals surface area contributed by atoms with Gasteiger partial charge in [0.05, 0.1) is 21.3 Å². The summed E-state index contributed by atoms with van der Waals surface area (Å²) in [6, 6.07) is 3.88. The highest BCUT2D eigenvalue weighted by molar-refractivity contribution is 14.0. The number of halogens is 1. The van der Waals surface area contributed by atoms with Crippen LogP contribution in [-0.2, 0) is 6.54 Å². The summed E-state index contributed by atoms with van der Waals surface area (Å²) in [7, 11) is 6.62. The molecule has 1 heterocycles. The number of nitrogens with one attached hydrogen (secondary N) is 2. The number of rotatable bonds is 7. The Bertz CT molecular complexity index is 541. The third kappa shape index (κ3) is 6.32. The van der Waals surface area contributed by atoms with Gasteiger partial charge in [0.25, 0.3) is 0 Å². The minimum atomic E-state index is 0. The molecule has 0 aromatic heterocycles. The summed E-state index contributed by atoms with van der Waals surface area (Å²) in [6.07, 6.45) is 2.59. The maximum absolute atomic E-state index is 5.39. The van der Waals surface area contributed by atoms with E-state index < -0.39 is 0 Å². The summed E-state index contributed by atoms with van der Waals surface area (Å²) in [5.41, 5.74) is 1.03. The maximum atomic E-state index is 5.39. The average molecular weight is 481 g/mol. The van der Waals surface area contributed by atoms with Crippen molar-refractivity contribution < 1.29 is 14.2 Å². The van der Waals surface area contributed by atoms with Crippen LogP contribution in [0.2, 0.25) is 0 Å². The van der Waals surface area contributed by atoms with Crippen molar-refractivity contribution in [2.75, 3.05) is 40.7 Å². The molecule has 2 N–H and O–H groups in total. The second-order valence-corrected chi connectivity index (χ2v) is 6.88. The van der Waals surface area contributed by atoms with Gasteiger partial charge in [-0.05, 0) is 36.3 Å². The van der Waals surface area contributed by atoms with E-state index in [0.29, 0.717) is 29.0 Å². The zero-order chi connectivity index (χ0) is 17.4. The lowest BCUT2D eigenvalue weighted by molar-refractivity contribution is 0.323. The Labute approximate surface area is 171 Å². The van der Waals surface area contributed by atoms with Crippen molar-refractivity contribution in [1.29, 1.82) is 0 Å². The summed E-state index contributed by atoms with van der Waals surface area (Å²) < 4.78 is 16.1. The van der Waals surface area contributed by atoms with Gasteiger partial charge in [-0.1, -0.05) is 0 Å². The minimum Gasteiger partial charge on any atom is -0.493 e. The van der Waals surface area contributed by atoms with E-state index in [4.69, 9.17) is 14.2 Å². The molecule has 1 saturated heterocycles. The summed E-state index contributed by atoms with van der Waals surface area (Å²) >= 11 is 2.03. The standard InChI is InChI=1S/C17H27N3O3S.HI/c1-18-17(20-11-13-6-5-7-24-13)19-10-12-8-14(21-2)16(23-4)15(9-12)22-3;/h8-9,13H,5-7,10-11H2,1-4H3,(H2,18,19,20);1H. The van der Waals surface area contributed by atoms with Gasteiger partial charge in [-0.3, -0.25) is 4.99 Å². The third-order valence-corrected chi connectivity index (χ3v) is 5.33. The molecule has 1 aliphatic heterocycles. The van der Waals surface area contributed by atoms with Crippen LogP contribution in [0.5, 0.6) is 17.2 Å². The van der Waals surface area contributed by atoms with Crippen LogP contribution in [0.1, 0.15) is 18.4 Å². The first kappa shape index (κ1) is 22.0. The summed E-state index contributed by atoms with van der Waals surface area (Å²) in [5, 5.41) is 7.40. The Morgan fingerprint density at radius 1 is 1.16 bits per heavy atom. The smallest absolute Gasteiger partial charge is 0.203 e. The summed E-state index contributed by atoms with van der Waals surface area (Å²) in [6.45, 7) is 1.56. The summed E-state index contributed by atoms with van der Waals surface area (Å²) in [5.74, 6) is 3.97. The molecule has 1 aromatic rings. The molecular formula is C17H28IN3O3S. The molecule has 6 nitrogen and oxygen atoms in total. The van der Waals surface area contributed by atoms with Gasteiger partial charge in [0.2, 0.25) is 5.75 Å². The second kappa shape index (κ2) is 11.6. The number of nitrogens with zero attached hydrogens (tertiary/aromatic N) is 1. The van der Waals surface area contributed by atoms with Crippen LogP contribution in [0.15, 0.2) is 17.1 Å². The van der Waals surface area contributed by atoms with E-state index in [9.17, 15) is 0 Å². The van der Waals surface area contributed by atoms with E-state index in [2.05, 4.69) is 15.6 Å². The van der Waals surface area contributed by atoms with Crippen LogP contribution in [-0.4, -0.2) is 51.9 Å². The number of thioether (sulfide) groups is 1. The predicted octanol–water partition coefficient (Wildman–Crippen LogP) is 2.89. The molecule has 0 spiro atoms. The SMILES string of the molecule is CN=C(NCc1cc(OC)c(OC)c(OC)c1)NCC1CCCS1.I. The van der Waals surface area contributed by atoms with Gasteiger partial charge in [0.15, 0.2) is 17.5 Å². The Hall–Kier alpha value is -1.03. The van der Waals surface area contributed by atoms with Crippen molar-refractivity contribution in [2.24, 2.45) is 4.99 Å². The normalized spacial score (nSPS) is 16.8. The van der Waals surface area contributed by atoms with Crippen LogP contribution in [0, 0.1) is 0 Å². The third-order valence-electron chi connectivity index (χ3n) is 3.93. The van der Waals surface area contributed by atoms with E-state index in [-0.39, 0.29) is 24.0 Å². The Morgan fingerprint density at radius 2 is 1.84 bits per heavy atom. The van der Waals surface area contributed by atoms with Crippen LogP contribution in [0.4, 0.5) is 0 Å². The lowest BCUT2D eigenvalue weighted by Crippen LogP contribution is -2.39. The molecule has 0 bridgehead atoms. The number of hydrogen-bond donors (Lipinski definition) is 2. The fourth-order valence-corrected chi connectivity index (χ4v) is 3.86. The van der Waals surface area contributed by atoms with Gasteiger partial charge in [-0.25, -0.2) is 0 Å². The molecule has 1 fully saturated rings. The first-order valence-corrected chi connectivity index (χ1v) is 9.11. The molecule has 0 radical (unpaired) electrons. The van der Waals surface area contributed by atoms with Gasteiger partial charge in [-0.15, -0.1) is 24.0 Å². The molecule has 0 saturated carbocycles. The molecule has 1 unspecified atom stereocenters. The van der Waals surface area contributed by atoms with Gasteiger partial charge in [0.1, 0.15) is 0 Å². The van der Waals surface area contributed by atoms with E-state index in [1.807, 2.05) is 23.9 Å². The zero-order valence-electron chi connectivity index (χ0n) is 15.3.